The minimum absolute atomic E-state index is 0.00121. The van der Waals surface area contributed by atoms with Crippen molar-refractivity contribution in [3.63, 3.8) is 0 Å². The first-order valence-electron chi connectivity index (χ1n) is 16.5. The second-order valence-electron chi connectivity index (χ2n) is 11.6. The normalized spacial score (nSPS) is 18.6. The number of unbranched alkanes of at least 4 members (excludes halogenated alkanes) is 5. The zero-order valence-corrected chi connectivity index (χ0v) is 27.2. The predicted octanol–water partition coefficient (Wildman–Crippen LogP) is 6.56. The smallest absolute Gasteiger partial charge is 0.488 e. The van der Waals surface area contributed by atoms with E-state index in [0.717, 1.165) is 18.6 Å². The molecule has 2 N–H and O–H groups in total. The van der Waals surface area contributed by atoms with Gasteiger partial charge in [-0.15, -0.1) is 0 Å². The van der Waals surface area contributed by atoms with Crippen molar-refractivity contribution in [1.29, 1.82) is 0 Å². The summed E-state index contributed by atoms with van der Waals surface area (Å²) in [6.07, 6.45) is 17.2. The summed E-state index contributed by atoms with van der Waals surface area (Å²) in [4.78, 5) is 25.3. The molecule has 0 aromatic heterocycles. The molecule has 2 aliphatic rings. The summed E-state index contributed by atoms with van der Waals surface area (Å²) in [7, 11) is -1.49. The van der Waals surface area contributed by atoms with Crippen LogP contribution in [0.4, 0.5) is 0 Å². The van der Waals surface area contributed by atoms with E-state index in [1.807, 2.05) is 6.92 Å². The summed E-state index contributed by atoms with van der Waals surface area (Å²) < 4.78 is 28.5. The Morgan fingerprint density at radius 1 is 0.787 bits per heavy atom. The molecule has 3 unspecified atom stereocenters. The van der Waals surface area contributed by atoms with Crippen LogP contribution in [0.1, 0.15) is 79.5 Å². The van der Waals surface area contributed by atoms with Crippen LogP contribution in [-0.4, -0.2) is 61.1 Å². The molecule has 250 valence electrons. The standard InChI is InChI=1S/C37H45BO9/c1-3-4-5-6-7-8-23-43-31-14-9-28(10-15-31)36(39)46-33-18-20-34(21-19-33)47-37(40)29-11-16-32(17-12-29)44-24-25-45-35-22-13-30(38(41)42)26-27(35)2/h9-20,22,26-27,34-35,41-42H,3-8,21,23-25H2,1-2H3. The molecule has 4 rings (SSSR count). The van der Waals surface area contributed by atoms with E-state index in [2.05, 4.69) is 6.92 Å². The molecule has 2 aromatic rings. The highest BCUT2D eigenvalue weighted by molar-refractivity contribution is 6.51. The first kappa shape index (κ1) is 35.7. The summed E-state index contributed by atoms with van der Waals surface area (Å²) >= 11 is 0. The Bertz CT molecular complexity index is 1410. The lowest BCUT2D eigenvalue weighted by molar-refractivity contribution is 0.0386. The Kier molecular flexibility index (Phi) is 14.4. The Labute approximate surface area is 277 Å². The monoisotopic (exact) mass is 644 g/mol. The van der Waals surface area contributed by atoms with Crippen LogP contribution >= 0.6 is 0 Å². The minimum Gasteiger partial charge on any atom is -0.494 e. The number of carbonyl (C=O) groups is 2. The van der Waals surface area contributed by atoms with Crippen LogP contribution in [0, 0.1) is 5.92 Å². The van der Waals surface area contributed by atoms with Gasteiger partial charge in [-0.3, -0.25) is 0 Å². The van der Waals surface area contributed by atoms with Gasteiger partial charge in [0, 0.05) is 12.3 Å². The van der Waals surface area contributed by atoms with Crippen molar-refractivity contribution in [2.24, 2.45) is 5.92 Å². The quantitative estimate of drug-likeness (QED) is 0.106. The summed E-state index contributed by atoms with van der Waals surface area (Å²) in [6, 6.07) is 13.6. The fraction of sp³-hybridized carbons (Fsp3) is 0.405. The van der Waals surface area contributed by atoms with E-state index in [4.69, 9.17) is 23.7 Å². The zero-order valence-electron chi connectivity index (χ0n) is 27.2. The average Bonchev–Trinajstić information content (AvgIpc) is 3.08. The first-order chi connectivity index (χ1) is 22.8. The molecule has 3 atom stereocenters. The van der Waals surface area contributed by atoms with E-state index in [9.17, 15) is 19.6 Å². The number of hydrogen-bond acceptors (Lipinski definition) is 9. The topological polar surface area (TPSA) is 121 Å². The number of benzene rings is 2. The van der Waals surface area contributed by atoms with Crippen LogP contribution in [0.15, 0.2) is 96.2 Å². The summed E-state index contributed by atoms with van der Waals surface area (Å²) in [6.45, 7) is 5.46. The fourth-order valence-electron chi connectivity index (χ4n) is 5.12. The van der Waals surface area contributed by atoms with Gasteiger partial charge in [0.2, 0.25) is 0 Å². The van der Waals surface area contributed by atoms with Gasteiger partial charge >= 0.3 is 19.1 Å². The lowest BCUT2D eigenvalue weighted by Crippen LogP contribution is -2.26. The molecule has 47 heavy (non-hydrogen) atoms. The molecular weight excluding hydrogens is 599 g/mol. The van der Waals surface area contributed by atoms with Gasteiger partial charge in [-0.05, 0) is 78.7 Å². The van der Waals surface area contributed by atoms with Crippen LogP contribution in [0.5, 0.6) is 11.5 Å². The molecule has 0 spiro atoms. The van der Waals surface area contributed by atoms with E-state index in [-0.39, 0.29) is 12.0 Å². The molecule has 0 amide bonds. The molecule has 9 nitrogen and oxygen atoms in total. The Hall–Kier alpha value is -4.12. The molecule has 2 aromatic carbocycles. The van der Waals surface area contributed by atoms with Crippen LogP contribution in [-0.2, 0) is 14.2 Å². The summed E-state index contributed by atoms with van der Waals surface area (Å²) in [5.41, 5.74) is 1.26. The van der Waals surface area contributed by atoms with Crippen molar-refractivity contribution in [2.75, 3.05) is 19.8 Å². The second-order valence-corrected chi connectivity index (χ2v) is 11.6. The van der Waals surface area contributed by atoms with Gasteiger partial charge in [-0.2, -0.15) is 0 Å². The van der Waals surface area contributed by atoms with E-state index in [1.54, 1.807) is 85.0 Å². The van der Waals surface area contributed by atoms with Gasteiger partial charge in [0.1, 0.15) is 30.0 Å². The molecular formula is C37H45BO9. The van der Waals surface area contributed by atoms with Gasteiger partial charge in [0.25, 0.3) is 0 Å². The van der Waals surface area contributed by atoms with E-state index >= 15 is 0 Å². The lowest BCUT2D eigenvalue weighted by Gasteiger charge is -2.23. The molecule has 0 saturated heterocycles. The number of esters is 2. The molecule has 0 fully saturated rings. The second kappa shape index (κ2) is 18.9. The van der Waals surface area contributed by atoms with Crippen LogP contribution in [0.25, 0.3) is 0 Å². The molecule has 0 saturated carbocycles. The number of hydrogen-bond donors (Lipinski definition) is 2. The SMILES string of the molecule is CCCCCCCCOc1ccc(C(=O)OC2=CCC(OC(=O)c3ccc(OCCOC4C=CC(B(O)O)=CC4C)cc3)C=C2)cc1. The number of rotatable bonds is 18. The van der Waals surface area contributed by atoms with Crippen molar-refractivity contribution in [3.05, 3.63) is 107 Å². The van der Waals surface area contributed by atoms with Gasteiger partial charge < -0.3 is 33.7 Å². The molecule has 0 heterocycles. The zero-order chi connectivity index (χ0) is 33.4. The Morgan fingerprint density at radius 3 is 2.04 bits per heavy atom. The van der Waals surface area contributed by atoms with Gasteiger partial charge in [0.15, 0.2) is 0 Å². The summed E-state index contributed by atoms with van der Waals surface area (Å²) in [5, 5.41) is 18.6. The van der Waals surface area contributed by atoms with E-state index in [1.165, 1.54) is 25.7 Å². The molecule has 2 aliphatic carbocycles. The molecule has 10 heteroatoms. The Balaban J connectivity index is 1.12. The minimum atomic E-state index is -1.49. The maximum absolute atomic E-state index is 12.7. The third-order valence-electron chi connectivity index (χ3n) is 7.85. The van der Waals surface area contributed by atoms with Crippen LogP contribution in [0.3, 0.4) is 0 Å². The number of carbonyl (C=O) groups excluding carboxylic acids is 2. The van der Waals surface area contributed by atoms with Crippen molar-refractivity contribution >= 4 is 19.1 Å². The largest absolute Gasteiger partial charge is 0.494 e. The van der Waals surface area contributed by atoms with Gasteiger partial charge in [-0.25, -0.2) is 9.59 Å². The molecule has 0 aliphatic heterocycles. The van der Waals surface area contributed by atoms with E-state index in [0.29, 0.717) is 54.3 Å². The van der Waals surface area contributed by atoms with Crippen molar-refractivity contribution in [2.45, 2.75) is 71.0 Å². The fourth-order valence-corrected chi connectivity index (χ4v) is 5.12. The van der Waals surface area contributed by atoms with Gasteiger partial charge in [0.05, 0.1) is 30.4 Å². The molecule has 0 bridgehead atoms. The average molecular weight is 645 g/mol. The maximum Gasteiger partial charge on any atom is 0.488 e. The van der Waals surface area contributed by atoms with Gasteiger partial charge in [-0.1, -0.05) is 64.2 Å². The third kappa shape index (κ3) is 11.9. The van der Waals surface area contributed by atoms with Crippen molar-refractivity contribution in [1.82, 2.24) is 0 Å². The molecule has 0 radical (unpaired) electrons. The van der Waals surface area contributed by atoms with Crippen LogP contribution < -0.4 is 9.47 Å². The van der Waals surface area contributed by atoms with E-state index < -0.39 is 25.2 Å². The lowest BCUT2D eigenvalue weighted by atomic mass is 9.74. The number of allylic oxidation sites excluding steroid dienone is 3. The highest BCUT2D eigenvalue weighted by Gasteiger charge is 2.22. The Morgan fingerprint density at radius 2 is 1.43 bits per heavy atom. The van der Waals surface area contributed by atoms with Crippen molar-refractivity contribution < 1.29 is 43.3 Å². The van der Waals surface area contributed by atoms with Crippen molar-refractivity contribution in [3.8, 4) is 11.5 Å². The first-order valence-corrected chi connectivity index (χ1v) is 16.5. The highest BCUT2D eigenvalue weighted by Crippen LogP contribution is 2.22. The third-order valence-corrected chi connectivity index (χ3v) is 7.85. The highest BCUT2D eigenvalue weighted by atomic mass is 16.5. The summed E-state index contributed by atoms with van der Waals surface area (Å²) in [5.74, 6) is 0.774. The maximum atomic E-state index is 12.7. The van der Waals surface area contributed by atoms with Crippen LogP contribution in [0.2, 0.25) is 0 Å². The number of ether oxygens (including phenoxy) is 5. The predicted molar refractivity (Wildman–Crippen MR) is 180 cm³/mol.